The predicted molar refractivity (Wildman–Crippen MR) is 239 cm³/mol. The van der Waals surface area contributed by atoms with E-state index in [2.05, 4.69) is 26.6 Å². The number of alkyl halides is 3. The van der Waals surface area contributed by atoms with Gasteiger partial charge in [0.1, 0.15) is 36.5 Å². The zero-order chi connectivity index (χ0) is 50.2. The minimum Gasteiger partial charge on any atom is -0.481 e. The summed E-state index contributed by atoms with van der Waals surface area (Å²) in [5, 5.41) is 35.3. The maximum absolute atomic E-state index is 14.3. The van der Waals surface area contributed by atoms with E-state index < -0.39 is 121 Å². The lowest BCUT2D eigenvalue weighted by Gasteiger charge is -2.34. The Labute approximate surface area is 385 Å². The first kappa shape index (κ1) is 54.5. The monoisotopic (exact) mass is 940 g/mol. The summed E-state index contributed by atoms with van der Waals surface area (Å²) in [5.74, 6) is -9.02. The number of aryl methyl sites for hydroxylation is 1. The average molecular weight is 941 g/mol. The van der Waals surface area contributed by atoms with Crippen molar-refractivity contribution in [2.75, 3.05) is 0 Å². The van der Waals surface area contributed by atoms with Crippen molar-refractivity contribution in [1.29, 1.82) is 0 Å². The van der Waals surface area contributed by atoms with Crippen molar-refractivity contribution in [1.82, 2.24) is 31.9 Å². The lowest BCUT2D eigenvalue weighted by atomic mass is 9.85. The number of hydrogen-bond donors (Lipinski definition) is 8. The smallest absolute Gasteiger partial charge is 0.391 e. The molecule has 0 aliphatic heterocycles. The summed E-state index contributed by atoms with van der Waals surface area (Å²) >= 11 is 0. The molecule has 0 fully saturated rings. The van der Waals surface area contributed by atoms with Crippen molar-refractivity contribution in [3.8, 4) is 0 Å². The van der Waals surface area contributed by atoms with Gasteiger partial charge in [0.25, 0.3) is 0 Å². The minimum absolute atomic E-state index is 0.0704. The highest BCUT2D eigenvalue weighted by Crippen LogP contribution is 2.23. The highest BCUT2D eigenvalue weighted by atomic mass is 19.4. The van der Waals surface area contributed by atoms with Crippen LogP contribution in [0, 0.1) is 18.3 Å². The summed E-state index contributed by atoms with van der Waals surface area (Å²) in [4.78, 5) is 118. The molecule has 6 atom stereocenters. The fraction of sp³-hybridized carbons (Fsp3) is 0.468. The molecule has 67 heavy (non-hydrogen) atoms. The largest absolute Gasteiger partial charge is 0.481 e. The van der Waals surface area contributed by atoms with E-state index in [0.717, 1.165) is 10.8 Å². The highest BCUT2D eigenvalue weighted by Gasteiger charge is 2.39. The Hall–Kier alpha value is -6.86. The number of fused-ring (bicyclic) bond motifs is 1. The molecule has 0 saturated heterocycles. The van der Waals surface area contributed by atoms with Crippen molar-refractivity contribution in [2.45, 2.75) is 129 Å². The molecule has 0 spiro atoms. The second-order valence-electron chi connectivity index (χ2n) is 17.8. The van der Waals surface area contributed by atoms with Gasteiger partial charge >= 0.3 is 18.1 Å². The van der Waals surface area contributed by atoms with Crippen LogP contribution in [0.3, 0.4) is 0 Å². The summed E-state index contributed by atoms with van der Waals surface area (Å²) in [6.07, 6.45) is -9.16. The molecular formula is C47H59F3N6O11. The normalized spacial score (nSPS) is 14.3. The number of amides is 6. The Bertz CT molecular complexity index is 2280. The molecule has 1 unspecified atom stereocenters. The topological polar surface area (TPSA) is 266 Å². The zero-order valence-electron chi connectivity index (χ0n) is 38.1. The first-order chi connectivity index (χ1) is 31.3. The van der Waals surface area contributed by atoms with Crippen molar-refractivity contribution in [3.05, 3.63) is 83.4 Å². The van der Waals surface area contributed by atoms with Gasteiger partial charge in [-0.1, -0.05) is 101 Å². The van der Waals surface area contributed by atoms with Gasteiger partial charge in [-0.3, -0.25) is 38.4 Å². The number of halogens is 3. The van der Waals surface area contributed by atoms with Crippen LogP contribution < -0.4 is 31.9 Å². The molecule has 17 nitrogen and oxygen atoms in total. The van der Waals surface area contributed by atoms with Gasteiger partial charge in [0, 0.05) is 12.8 Å². The van der Waals surface area contributed by atoms with Gasteiger partial charge in [-0.25, -0.2) is 0 Å². The Kier molecular flexibility index (Phi) is 20.0. The number of carbonyl (C=O) groups excluding carboxylic acids is 7. The minimum atomic E-state index is -4.79. The van der Waals surface area contributed by atoms with E-state index in [1.165, 1.54) is 0 Å². The van der Waals surface area contributed by atoms with Crippen LogP contribution >= 0.6 is 0 Å². The number of carboxylic acid groups (broad SMARTS) is 2. The van der Waals surface area contributed by atoms with Crippen molar-refractivity contribution >= 4 is 64.4 Å². The number of nitrogens with one attached hydrogen (secondary N) is 6. The Morgan fingerprint density at radius 2 is 1.22 bits per heavy atom. The number of aldehydes is 1. The second-order valence-corrected chi connectivity index (χ2v) is 17.8. The summed E-state index contributed by atoms with van der Waals surface area (Å²) in [6, 6.07) is 9.60. The molecule has 3 aromatic carbocycles. The second kappa shape index (κ2) is 24.6. The SMILES string of the molecule is Cc1ccccc1C[C@H](NC(=O)[C@H](CCC(=O)O)NC(=O)[C@H](CC(=O)O)NC(=O)Cc1ccc2ccccc2c1)C(=O)N[C@H](C(=O)N[C@@H](CC(C)C)C(=O)NC(C=O)CC(F)(F)F)C(C)(C)C. The van der Waals surface area contributed by atoms with E-state index in [0.29, 0.717) is 16.7 Å². The number of aliphatic carboxylic acids is 2. The van der Waals surface area contributed by atoms with Gasteiger partial charge < -0.3 is 46.9 Å². The Balaban J connectivity index is 1.91. The molecule has 8 N–H and O–H groups in total. The molecule has 6 amide bonds. The fourth-order valence-corrected chi connectivity index (χ4v) is 7.05. The Morgan fingerprint density at radius 1 is 0.657 bits per heavy atom. The van der Waals surface area contributed by atoms with Crippen LogP contribution in [0.15, 0.2) is 66.7 Å². The Morgan fingerprint density at radius 3 is 1.81 bits per heavy atom. The summed E-state index contributed by atoms with van der Waals surface area (Å²) in [6.45, 7) is 9.81. The predicted octanol–water partition coefficient (Wildman–Crippen LogP) is 3.43. The number of hydrogen-bond acceptors (Lipinski definition) is 9. The summed E-state index contributed by atoms with van der Waals surface area (Å²) < 4.78 is 39.3. The lowest BCUT2D eigenvalue weighted by Crippen LogP contribution is -2.62. The van der Waals surface area contributed by atoms with Gasteiger partial charge in [0.05, 0.1) is 25.3 Å². The number of benzene rings is 3. The molecule has 0 aliphatic carbocycles. The van der Waals surface area contributed by atoms with Crippen LogP contribution in [-0.2, 0) is 56.0 Å². The van der Waals surface area contributed by atoms with E-state index in [-0.39, 0.29) is 31.5 Å². The highest BCUT2D eigenvalue weighted by molar-refractivity contribution is 5.98. The summed E-state index contributed by atoms with van der Waals surface area (Å²) in [5.41, 5.74) is 0.682. The summed E-state index contributed by atoms with van der Waals surface area (Å²) in [7, 11) is 0. The van der Waals surface area contributed by atoms with E-state index in [9.17, 15) is 66.5 Å². The molecule has 3 rings (SSSR count). The van der Waals surface area contributed by atoms with Gasteiger partial charge in [-0.05, 0) is 58.6 Å². The van der Waals surface area contributed by atoms with Crippen LogP contribution in [0.4, 0.5) is 13.2 Å². The van der Waals surface area contributed by atoms with Crippen LogP contribution in [0.25, 0.3) is 10.8 Å². The molecule has 0 aromatic heterocycles. The maximum atomic E-state index is 14.3. The molecule has 364 valence electrons. The van der Waals surface area contributed by atoms with Crippen LogP contribution in [0.2, 0.25) is 0 Å². The van der Waals surface area contributed by atoms with Gasteiger partial charge in [-0.15, -0.1) is 0 Å². The third-order valence-electron chi connectivity index (χ3n) is 10.5. The molecule has 0 aliphatic rings. The van der Waals surface area contributed by atoms with Crippen LogP contribution in [-0.4, -0.2) is 106 Å². The number of rotatable bonds is 24. The molecule has 0 bridgehead atoms. The van der Waals surface area contributed by atoms with Crippen molar-refractivity contribution < 1.29 is 66.5 Å². The van der Waals surface area contributed by atoms with Crippen LogP contribution in [0.5, 0.6) is 0 Å². The van der Waals surface area contributed by atoms with E-state index in [1.807, 2.05) is 29.6 Å². The first-order valence-electron chi connectivity index (χ1n) is 21.5. The van der Waals surface area contributed by atoms with E-state index in [1.54, 1.807) is 84.0 Å². The fourth-order valence-electron chi connectivity index (χ4n) is 7.05. The van der Waals surface area contributed by atoms with Gasteiger partial charge in [0.15, 0.2) is 0 Å². The van der Waals surface area contributed by atoms with Crippen molar-refractivity contribution in [2.24, 2.45) is 11.3 Å². The quantitative estimate of drug-likeness (QED) is 0.0604. The molecule has 0 saturated carbocycles. The lowest BCUT2D eigenvalue weighted by molar-refractivity contribution is -0.147. The number of carboxylic acids is 2. The first-order valence-corrected chi connectivity index (χ1v) is 21.5. The van der Waals surface area contributed by atoms with Gasteiger partial charge in [-0.2, -0.15) is 13.2 Å². The molecule has 3 aromatic rings. The van der Waals surface area contributed by atoms with E-state index >= 15 is 0 Å². The molecule has 0 radical (unpaired) electrons. The maximum Gasteiger partial charge on any atom is 0.391 e. The molecule has 20 heteroatoms. The van der Waals surface area contributed by atoms with Crippen LogP contribution in [0.1, 0.15) is 83.4 Å². The molecule has 0 heterocycles. The average Bonchev–Trinajstić information content (AvgIpc) is 3.22. The van der Waals surface area contributed by atoms with E-state index in [4.69, 9.17) is 0 Å². The zero-order valence-corrected chi connectivity index (χ0v) is 38.1. The van der Waals surface area contributed by atoms with Gasteiger partial charge in [0.2, 0.25) is 35.4 Å². The third kappa shape index (κ3) is 18.5. The number of carbonyl (C=O) groups is 9. The van der Waals surface area contributed by atoms with Crippen molar-refractivity contribution in [3.63, 3.8) is 0 Å². The third-order valence-corrected chi connectivity index (χ3v) is 10.5. The standard InChI is InChI=1S/C47H59F3N6O11/c1-26(2)19-34(42(64)51-32(25-57)24-47(48,49)50)55-45(67)40(46(4,5)6)56-44(66)35(22-30-13-8-7-11-27(30)3)54-41(63)33(17-18-38(59)60)53-43(65)36(23-39(61)62)52-37(58)21-28-15-16-29-12-9-10-14-31(29)20-28/h7-16,20,25-26,32-36,40H,17-19,21-24H2,1-6H3,(H,51,64)(H,52,58)(H,53,65)(H,54,63)(H,55,67)(H,56,66)(H,59,60)(H,61,62)/t32?,33-,34-,35-,36-,40+/m0/s1. The molecular weight excluding hydrogens is 882 g/mol.